The van der Waals surface area contributed by atoms with E-state index in [1.165, 1.54) is 0 Å². The highest BCUT2D eigenvalue weighted by Gasteiger charge is 2.08. The SMILES string of the molecule is N#Cc1cccnc1Oc1ccccc1CCO. The first-order valence-electron chi connectivity index (χ1n) is 5.57. The molecule has 4 heteroatoms. The molecule has 1 aromatic heterocycles. The maximum atomic E-state index is 8.99. The molecule has 0 aliphatic rings. The van der Waals surface area contributed by atoms with E-state index in [9.17, 15) is 0 Å². The van der Waals surface area contributed by atoms with Crippen LogP contribution in [-0.4, -0.2) is 16.7 Å². The zero-order valence-corrected chi connectivity index (χ0v) is 9.71. The number of nitriles is 1. The minimum Gasteiger partial charge on any atom is -0.437 e. The molecule has 1 aromatic carbocycles. The van der Waals surface area contributed by atoms with Gasteiger partial charge in [0.2, 0.25) is 5.88 Å². The number of aliphatic hydroxyl groups excluding tert-OH is 1. The molecule has 0 aliphatic carbocycles. The van der Waals surface area contributed by atoms with Gasteiger partial charge in [-0.15, -0.1) is 0 Å². The van der Waals surface area contributed by atoms with E-state index in [4.69, 9.17) is 15.1 Å². The Morgan fingerprint density at radius 2 is 2.06 bits per heavy atom. The molecule has 0 saturated carbocycles. The molecule has 0 saturated heterocycles. The average molecular weight is 240 g/mol. The van der Waals surface area contributed by atoms with E-state index in [0.29, 0.717) is 17.7 Å². The lowest BCUT2D eigenvalue weighted by molar-refractivity contribution is 0.297. The van der Waals surface area contributed by atoms with Crippen molar-refractivity contribution in [3.63, 3.8) is 0 Å². The van der Waals surface area contributed by atoms with E-state index in [1.54, 1.807) is 24.4 Å². The zero-order valence-electron chi connectivity index (χ0n) is 9.71. The maximum Gasteiger partial charge on any atom is 0.237 e. The standard InChI is InChI=1S/C14H12N2O2/c15-10-12-5-3-8-16-14(12)18-13-6-2-1-4-11(13)7-9-17/h1-6,8,17H,7,9H2. The van der Waals surface area contributed by atoms with Crippen LogP contribution in [0, 0.1) is 11.3 Å². The molecule has 0 bridgehead atoms. The number of nitrogens with zero attached hydrogens (tertiary/aromatic N) is 2. The van der Waals surface area contributed by atoms with Gasteiger partial charge in [-0.25, -0.2) is 4.98 Å². The van der Waals surface area contributed by atoms with E-state index < -0.39 is 0 Å². The number of benzene rings is 1. The third-order valence-corrected chi connectivity index (χ3v) is 2.45. The van der Waals surface area contributed by atoms with Gasteiger partial charge in [0, 0.05) is 12.8 Å². The normalized spacial score (nSPS) is 9.78. The summed E-state index contributed by atoms with van der Waals surface area (Å²) in [6, 6.07) is 12.7. The van der Waals surface area contributed by atoms with Gasteiger partial charge in [-0.3, -0.25) is 0 Å². The molecule has 0 atom stereocenters. The highest BCUT2D eigenvalue weighted by Crippen LogP contribution is 2.26. The first-order chi connectivity index (χ1) is 8.85. The number of pyridine rings is 1. The Bertz CT molecular complexity index is 576. The molecule has 0 fully saturated rings. The summed E-state index contributed by atoms with van der Waals surface area (Å²) in [5, 5.41) is 17.9. The molecule has 0 amide bonds. The van der Waals surface area contributed by atoms with Crippen LogP contribution in [0.2, 0.25) is 0 Å². The number of aromatic nitrogens is 1. The van der Waals surface area contributed by atoms with Gasteiger partial charge in [-0.1, -0.05) is 18.2 Å². The minimum atomic E-state index is 0.0493. The Morgan fingerprint density at radius 1 is 1.22 bits per heavy atom. The zero-order chi connectivity index (χ0) is 12.8. The Kier molecular flexibility index (Phi) is 3.90. The topological polar surface area (TPSA) is 66.1 Å². The Hall–Kier alpha value is -2.38. The summed E-state index contributed by atoms with van der Waals surface area (Å²) >= 11 is 0. The van der Waals surface area contributed by atoms with Crippen molar-refractivity contribution in [1.29, 1.82) is 5.26 Å². The Morgan fingerprint density at radius 3 is 2.83 bits per heavy atom. The van der Waals surface area contributed by atoms with Crippen molar-refractivity contribution >= 4 is 0 Å². The fourth-order valence-corrected chi connectivity index (χ4v) is 1.59. The van der Waals surface area contributed by atoms with Gasteiger partial charge in [0.25, 0.3) is 0 Å². The van der Waals surface area contributed by atoms with Crippen LogP contribution in [0.3, 0.4) is 0 Å². The summed E-state index contributed by atoms with van der Waals surface area (Å²) in [7, 11) is 0. The van der Waals surface area contributed by atoms with Crippen molar-refractivity contribution in [1.82, 2.24) is 4.98 Å². The second kappa shape index (κ2) is 5.80. The smallest absolute Gasteiger partial charge is 0.237 e. The van der Waals surface area contributed by atoms with Crippen LogP contribution in [0.5, 0.6) is 11.6 Å². The molecule has 0 unspecified atom stereocenters. The quantitative estimate of drug-likeness (QED) is 0.890. The fourth-order valence-electron chi connectivity index (χ4n) is 1.59. The van der Waals surface area contributed by atoms with Gasteiger partial charge in [0.15, 0.2) is 0 Å². The van der Waals surface area contributed by atoms with Crippen molar-refractivity contribution in [2.45, 2.75) is 6.42 Å². The molecular weight excluding hydrogens is 228 g/mol. The van der Waals surface area contributed by atoms with Gasteiger partial charge in [0.1, 0.15) is 17.4 Å². The molecule has 4 nitrogen and oxygen atoms in total. The van der Waals surface area contributed by atoms with Gasteiger partial charge in [0.05, 0.1) is 0 Å². The van der Waals surface area contributed by atoms with E-state index in [2.05, 4.69) is 4.98 Å². The molecule has 1 heterocycles. The summed E-state index contributed by atoms with van der Waals surface area (Å²) in [5.74, 6) is 0.895. The average Bonchev–Trinajstić information content (AvgIpc) is 2.42. The molecule has 2 aromatic rings. The van der Waals surface area contributed by atoms with Gasteiger partial charge in [-0.2, -0.15) is 5.26 Å². The summed E-state index contributed by atoms with van der Waals surface area (Å²) in [6.07, 6.45) is 2.08. The molecule has 0 aliphatic heterocycles. The van der Waals surface area contributed by atoms with Crippen LogP contribution in [0.4, 0.5) is 0 Å². The van der Waals surface area contributed by atoms with Crippen LogP contribution in [0.1, 0.15) is 11.1 Å². The van der Waals surface area contributed by atoms with Gasteiger partial charge >= 0.3 is 0 Å². The fraction of sp³-hybridized carbons (Fsp3) is 0.143. The second-order valence-corrected chi connectivity index (χ2v) is 3.65. The van der Waals surface area contributed by atoms with Crippen LogP contribution >= 0.6 is 0 Å². The maximum absolute atomic E-state index is 8.99. The van der Waals surface area contributed by atoms with Crippen molar-refractivity contribution < 1.29 is 9.84 Å². The first-order valence-corrected chi connectivity index (χ1v) is 5.57. The van der Waals surface area contributed by atoms with Crippen LogP contribution in [0.15, 0.2) is 42.6 Å². The Balaban J connectivity index is 2.31. The first kappa shape index (κ1) is 12.1. The minimum absolute atomic E-state index is 0.0493. The van der Waals surface area contributed by atoms with Crippen molar-refractivity contribution in [3.05, 3.63) is 53.7 Å². The number of hydrogen-bond donors (Lipinski definition) is 1. The molecule has 90 valence electrons. The number of rotatable bonds is 4. The van der Waals surface area contributed by atoms with E-state index in [0.717, 1.165) is 5.56 Å². The lowest BCUT2D eigenvalue weighted by atomic mass is 10.1. The van der Waals surface area contributed by atoms with E-state index in [-0.39, 0.29) is 12.5 Å². The van der Waals surface area contributed by atoms with Crippen molar-refractivity contribution in [2.24, 2.45) is 0 Å². The number of aliphatic hydroxyl groups is 1. The van der Waals surface area contributed by atoms with Crippen molar-refractivity contribution in [3.8, 4) is 17.7 Å². The highest BCUT2D eigenvalue weighted by atomic mass is 16.5. The molecule has 2 rings (SSSR count). The molecule has 0 spiro atoms. The predicted octanol–water partition coefficient (Wildman–Crippen LogP) is 2.28. The summed E-state index contributed by atoms with van der Waals surface area (Å²) in [4.78, 5) is 4.04. The number of ether oxygens (including phenoxy) is 1. The monoisotopic (exact) mass is 240 g/mol. The molecule has 0 radical (unpaired) electrons. The van der Waals surface area contributed by atoms with Crippen LogP contribution in [0.25, 0.3) is 0 Å². The van der Waals surface area contributed by atoms with E-state index in [1.807, 2.05) is 24.3 Å². The van der Waals surface area contributed by atoms with Gasteiger partial charge < -0.3 is 9.84 Å². The summed E-state index contributed by atoms with van der Waals surface area (Å²) in [5.41, 5.74) is 1.27. The van der Waals surface area contributed by atoms with Crippen molar-refractivity contribution in [2.75, 3.05) is 6.61 Å². The van der Waals surface area contributed by atoms with Crippen LogP contribution in [-0.2, 0) is 6.42 Å². The largest absolute Gasteiger partial charge is 0.437 e. The number of hydrogen-bond acceptors (Lipinski definition) is 4. The van der Waals surface area contributed by atoms with Gasteiger partial charge in [-0.05, 0) is 30.2 Å². The third-order valence-electron chi connectivity index (χ3n) is 2.45. The number of para-hydroxylation sites is 1. The summed E-state index contributed by atoms with van der Waals surface area (Å²) in [6.45, 7) is 0.0493. The van der Waals surface area contributed by atoms with E-state index >= 15 is 0 Å². The highest BCUT2D eigenvalue weighted by molar-refractivity contribution is 5.42. The Labute approximate surface area is 105 Å². The summed E-state index contributed by atoms with van der Waals surface area (Å²) < 4.78 is 5.64. The predicted molar refractivity (Wildman–Crippen MR) is 66.3 cm³/mol. The molecular formula is C14H12N2O2. The lowest BCUT2D eigenvalue weighted by Crippen LogP contribution is -1.97. The van der Waals surface area contributed by atoms with Crippen LogP contribution < -0.4 is 4.74 Å². The third kappa shape index (κ3) is 2.65. The molecule has 1 N–H and O–H groups in total. The second-order valence-electron chi connectivity index (χ2n) is 3.65. The lowest BCUT2D eigenvalue weighted by Gasteiger charge is -2.10. The molecule has 18 heavy (non-hydrogen) atoms.